The monoisotopic (exact) mass is 458 g/mol. The molecule has 1 saturated heterocycles. The van der Waals surface area contributed by atoms with Gasteiger partial charge in [0.25, 0.3) is 5.91 Å². The fourth-order valence-corrected chi connectivity index (χ4v) is 4.74. The van der Waals surface area contributed by atoms with Crippen LogP contribution in [0, 0.1) is 12.8 Å². The molecule has 0 aromatic heterocycles. The van der Waals surface area contributed by atoms with Crippen LogP contribution >= 0.6 is 0 Å². The van der Waals surface area contributed by atoms with E-state index in [1.165, 1.54) is 10.6 Å². The van der Waals surface area contributed by atoms with Crippen LogP contribution in [0.4, 0.5) is 5.69 Å². The highest BCUT2D eigenvalue weighted by molar-refractivity contribution is 7.92. The smallest absolute Gasteiger partial charge is 0.309 e. The Morgan fingerprint density at radius 2 is 1.75 bits per heavy atom. The van der Waals surface area contributed by atoms with Gasteiger partial charge < -0.3 is 9.64 Å². The Balaban J connectivity index is 1.66. The van der Waals surface area contributed by atoms with Crippen molar-refractivity contribution in [1.82, 2.24) is 4.90 Å². The maximum absolute atomic E-state index is 12.9. The molecule has 1 heterocycles. The number of amides is 1. The summed E-state index contributed by atoms with van der Waals surface area (Å²) in [4.78, 5) is 26.5. The average molecular weight is 459 g/mol. The van der Waals surface area contributed by atoms with E-state index in [1.807, 2.05) is 25.1 Å². The minimum atomic E-state index is -3.47. The Hall–Kier alpha value is -2.87. The number of nitrogens with zero attached hydrogens (tertiary/aromatic N) is 2. The first kappa shape index (κ1) is 23.8. The molecule has 1 fully saturated rings. The molecule has 0 unspecified atom stereocenters. The highest BCUT2D eigenvalue weighted by Gasteiger charge is 2.28. The van der Waals surface area contributed by atoms with Crippen LogP contribution < -0.4 is 4.31 Å². The summed E-state index contributed by atoms with van der Waals surface area (Å²) in [6.45, 7) is 5.28. The summed E-state index contributed by atoms with van der Waals surface area (Å²) in [7, 11) is -3.47. The second-order valence-electron chi connectivity index (χ2n) is 8.12. The van der Waals surface area contributed by atoms with Crippen molar-refractivity contribution in [3.63, 3.8) is 0 Å². The molecule has 1 aliphatic heterocycles. The van der Waals surface area contributed by atoms with Crippen molar-refractivity contribution in [3.8, 4) is 0 Å². The zero-order valence-corrected chi connectivity index (χ0v) is 19.6. The molecule has 2 aromatic carbocycles. The number of benzene rings is 2. The van der Waals surface area contributed by atoms with Crippen LogP contribution in [0.1, 0.15) is 41.3 Å². The number of sulfonamides is 1. The van der Waals surface area contributed by atoms with Crippen molar-refractivity contribution >= 4 is 27.6 Å². The number of carbonyl (C=O) groups excluding carboxylic acids is 2. The van der Waals surface area contributed by atoms with Gasteiger partial charge in [-0.05, 0) is 62.1 Å². The Bertz CT molecular complexity index is 1060. The Labute approximate surface area is 190 Å². The molecular weight excluding hydrogens is 428 g/mol. The third-order valence-corrected chi connectivity index (χ3v) is 6.76. The van der Waals surface area contributed by atoms with E-state index in [4.69, 9.17) is 4.74 Å². The average Bonchev–Trinajstić information content (AvgIpc) is 2.77. The SMILES string of the molecule is CCOC(=O)C1CCN(C(=O)c2ccc(CN(c3cccc(C)c3)S(C)(=O)=O)cc2)CC1. The molecule has 0 radical (unpaired) electrons. The van der Waals surface area contributed by atoms with E-state index in [-0.39, 0.29) is 24.3 Å². The van der Waals surface area contributed by atoms with Crippen LogP contribution in [-0.2, 0) is 26.1 Å². The number of aryl methyl sites for hydroxylation is 1. The molecule has 0 bridgehead atoms. The van der Waals surface area contributed by atoms with Crippen molar-refractivity contribution in [2.24, 2.45) is 5.92 Å². The molecule has 0 spiro atoms. The Morgan fingerprint density at radius 3 is 2.31 bits per heavy atom. The largest absolute Gasteiger partial charge is 0.466 e. The number of ether oxygens (including phenoxy) is 1. The minimum Gasteiger partial charge on any atom is -0.466 e. The van der Waals surface area contributed by atoms with E-state index in [0.717, 1.165) is 11.1 Å². The lowest BCUT2D eigenvalue weighted by Gasteiger charge is -2.31. The Morgan fingerprint density at radius 1 is 1.09 bits per heavy atom. The lowest BCUT2D eigenvalue weighted by Crippen LogP contribution is -2.40. The minimum absolute atomic E-state index is 0.0856. The predicted octanol–water partition coefficient (Wildman–Crippen LogP) is 3.38. The zero-order valence-electron chi connectivity index (χ0n) is 18.8. The molecule has 7 nitrogen and oxygen atoms in total. The number of piperidine rings is 1. The number of likely N-dealkylation sites (tertiary alicyclic amines) is 1. The van der Waals surface area contributed by atoms with Crippen molar-refractivity contribution in [1.29, 1.82) is 0 Å². The van der Waals surface area contributed by atoms with Crippen LogP contribution in [0.2, 0.25) is 0 Å². The van der Waals surface area contributed by atoms with E-state index in [2.05, 4.69) is 0 Å². The van der Waals surface area contributed by atoms with Gasteiger partial charge in [-0.2, -0.15) is 0 Å². The summed E-state index contributed by atoms with van der Waals surface area (Å²) in [5.74, 6) is -0.421. The normalized spacial score (nSPS) is 14.8. The second-order valence-corrected chi connectivity index (χ2v) is 10.0. The topological polar surface area (TPSA) is 84.0 Å². The number of hydrogen-bond donors (Lipinski definition) is 0. The van der Waals surface area contributed by atoms with Gasteiger partial charge in [0.2, 0.25) is 10.0 Å². The van der Waals surface area contributed by atoms with Crippen LogP contribution in [-0.4, -0.2) is 51.1 Å². The number of esters is 1. The van der Waals surface area contributed by atoms with Gasteiger partial charge in [-0.1, -0.05) is 24.3 Å². The fourth-order valence-electron chi connectivity index (χ4n) is 3.86. The molecule has 0 N–H and O–H groups in total. The van der Waals surface area contributed by atoms with Crippen LogP contribution in [0.15, 0.2) is 48.5 Å². The van der Waals surface area contributed by atoms with Crippen molar-refractivity contribution in [2.45, 2.75) is 33.2 Å². The van der Waals surface area contributed by atoms with Gasteiger partial charge in [-0.25, -0.2) is 8.42 Å². The quantitative estimate of drug-likeness (QED) is 0.594. The third kappa shape index (κ3) is 5.88. The number of rotatable bonds is 7. The van der Waals surface area contributed by atoms with E-state index in [0.29, 0.717) is 43.8 Å². The molecule has 1 amide bonds. The van der Waals surface area contributed by atoms with Gasteiger partial charge in [0.15, 0.2) is 0 Å². The van der Waals surface area contributed by atoms with E-state index in [1.54, 1.807) is 42.2 Å². The molecule has 0 aliphatic carbocycles. The first-order chi connectivity index (χ1) is 15.2. The van der Waals surface area contributed by atoms with Crippen molar-refractivity contribution < 1.29 is 22.7 Å². The van der Waals surface area contributed by atoms with Gasteiger partial charge >= 0.3 is 5.97 Å². The second kappa shape index (κ2) is 10.2. The summed E-state index contributed by atoms with van der Waals surface area (Å²) >= 11 is 0. The predicted molar refractivity (Wildman–Crippen MR) is 124 cm³/mol. The maximum Gasteiger partial charge on any atom is 0.309 e. The standard InChI is InChI=1S/C24H30N2O5S/c1-4-31-24(28)21-12-14-25(15-13-21)23(27)20-10-8-19(9-11-20)17-26(32(3,29)30)22-7-5-6-18(2)16-22/h5-11,16,21H,4,12-15,17H2,1-3H3. The van der Waals surface area contributed by atoms with Gasteiger partial charge in [0.1, 0.15) is 0 Å². The Kier molecular flexibility index (Phi) is 7.56. The molecule has 0 atom stereocenters. The molecule has 8 heteroatoms. The lowest BCUT2D eigenvalue weighted by atomic mass is 9.96. The summed E-state index contributed by atoms with van der Waals surface area (Å²) < 4.78 is 31.2. The first-order valence-corrected chi connectivity index (χ1v) is 12.6. The fraction of sp³-hybridized carbons (Fsp3) is 0.417. The molecule has 2 aromatic rings. The molecular formula is C24H30N2O5S. The maximum atomic E-state index is 12.9. The number of anilines is 1. The lowest BCUT2D eigenvalue weighted by molar-refractivity contribution is -0.149. The highest BCUT2D eigenvalue weighted by Crippen LogP contribution is 2.23. The molecule has 0 saturated carbocycles. The van der Waals surface area contributed by atoms with E-state index < -0.39 is 10.0 Å². The number of hydrogen-bond acceptors (Lipinski definition) is 5. The summed E-state index contributed by atoms with van der Waals surface area (Å²) in [6.07, 6.45) is 2.39. The van der Waals surface area contributed by atoms with E-state index in [9.17, 15) is 18.0 Å². The number of carbonyl (C=O) groups is 2. The van der Waals surface area contributed by atoms with Crippen LogP contribution in [0.5, 0.6) is 0 Å². The first-order valence-electron chi connectivity index (χ1n) is 10.8. The summed E-state index contributed by atoms with van der Waals surface area (Å²) in [5, 5.41) is 0. The molecule has 172 valence electrons. The summed E-state index contributed by atoms with van der Waals surface area (Å²) in [5.41, 5.74) is 2.92. The zero-order chi connectivity index (χ0) is 23.3. The van der Waals surface area contributed by atoms with Gasteiger partial charge in [0, 0.05) is 18.7 Å². The molecule has 32 heavy (non-hydrogen) atoms. The highest BCUT2D eigenvalue weighted by atomic mass is 32.2. The summed E-state index contributed by atoms with van der Waals surface area (Å²) in [6, 6.07) is 14.4. The van der Waals surface area contributed by atoms with Gasteiger partial charge in [-0.3, -0.25) is 13.9 Å². The van der Waals surface area contributed by atoms with Crippen molar-refractivity contribution in [3.05, 3.63) is 65.2 Å². The van der Waals surface area contributed by atoms with Crippen LogP contribution in [0.25, 0.3) is 0 Å². The van der Waals surface area contributed by atoms with E-state index >= 15 is 0 Å². The van der Waals surface area contributed by atoms with Gasteiger partial charge in [0.05, 0.1) is 31.0 Å². The van der Waals surface area contributed by atoms with Crippen molar-refractivity contribution in [2.75, 3.05) is 30.3 Å². The van der Waals surface area contributed by atoms with Crippen LogP contribution in [0.3, 0.4) is 0 Å². The molecule has 3 rings (SSSR count). The van der Waals surface area contributed by atoms with Gasteiger partial charge in [-0.15, -0.1) is 0 Å². The third-order valence-electron chi connectivity index (χ3n) is 5.62. The molecule has 1 aliphatic rings.